The Morgan fingerprint density at radius 3 is 1.83 bits per heavy atom. The molecule has 0 radical (unpaired) electrons. The average molecular weight is 417 g/mol. The van der Waals surface area contributed by atoms with E-state index in [0.717, 1.165) is 6.42 Å². The van der Waals surface area contributed by atoms with Crippen LogP contribution in [0.5, 0.6) is 0 Å². The van der Waals surface area contributed by atoms with Crippen LogP contribution in [0, 0.1) is 0 Å². The minimum absolute atomic E-state index is 0.300. The quantitative estimate of drug-likeness (QED) is 0.154. The molecule has 9 N–H and O–H groups in total. The third-order valence-corrected chi connectivity index (χ3v) is 4.07. The summed E-state index contributed by atoms with van der Waals surface area (Å²) in [4.78, 5) is 57.9. The molecular weight excluding hydrogens is 386 g/mol. The Labute approximate surface area is 168 Å². The van der Waals surface area contributed by atoms with Gasteiger partial charge in [0, 0.05) is 6.42 Å². The van der Waals surface area contributed by atoms with Crippen molar-refractivity contribution in [3.05, 3.63) is 0 Å². The molecule has 0 spiro atoms. The predicted octanol–water partition coefficient (Wildman–Crippen LogP) is -2.11. The summed E-state index contributed by atoms with van der Waals surface area (Å²) in [5, 5.41) is 24.6. The van der Waals surface area contributed by atoms with Gasteiger partial charge in [-0.2, -0.15) is 0 Å². The smallest absolute Gasteiger partial charge is 0.326 e. The van der Waals surface area contributed by atoms with E-state index in [-0.39, 0.29) is 6.42 Å². The zero-order valence-corrected chi connectivity index (χ0v) is 16.6. The van der Waals surface area contributed by atoms with E-state index in [1.54, 1.807) is 0 Å². The van der Waals surface area contributed by atoms with E-state index in [9.17, 15) is 24.0 Å². The monoisotopic (exact) mass is 417 g/mol. The van der Waals surface area contributed by atoms with Gasteiger partial charge in [-0.15, -0.1) is 0 Å². The lowest BCUT2D eigenvalue weighted by molar-refractivity contribution is -0.143. The number of aliphatic carboxylic acids is 2. The van der Waals surface area contributed by atoms with Crippen molar-refractivity contribution < 1.29 is 34.2 Å². The third-order valence-electron chi connectivity index (χ3n) is 4.07. The van der Waals surface area contributed by atoms with Crippen molar-refractivity contribution in [2.75, 3.05) is 6.54 Å². The number of carboxylic acids is 2. The Kier molecular flexibility index (Phi) is 12.2. The van der Waals surface area contributed by atoms with Crippen molar-refractivity contribution in [2.45, 2.75) is 70.1 Å². The number of carboxylic acid groups (broad SMARTS) is 2. The summed E-state index contributed by atoms with van der Waals surface area (Å²) in [6.07, 6.45) is 1.09. The summed E-state index contributed by atoms with van der Waals surface area (Å²) in [6, 6.07) is -4.27. The summed E-state index contributed by atoms with van der Waals surface area (Å²) >= 11 is 0. The zero-order chi connectivity index (χ0) is 22.6. The molecule has 0 saturated heterocycles. The molecule has 29 heavy (non-hydrogen) atoms. The highest BCUT2D eigenvalue weighted by Crippen LogP contribution is 2.00. The standard InChI is InChI=1S/C17H31N5O7/c1-9(21-16(27)11(19)5-3-4-8-18)14(25)20-10(2)15(26)22-12(17(28)29)6-7-13(23)24/h9-12H,3-8,18-19H2,1-2H3,(H,20,25)(H,21,27)(H,22,26)(H,23,24)(H,28,29). The van der Waals surface area contributed by atoms with Crippen LogP contribution < -0.4 is 27.4 Å². The van der Waals surface area contributed by atoms with Crippen molar-refractivity contribution in [1.82, 2.24) is 16.0 Å². The Hall–Kier alpha value is -2.73. The van der Waals surface area contributed by atoms with Gasteiger partial charge in [0.05, 0.1) is 6.04 Å². The van der Waals surface area contributed by atoms with Crippen molar-refractivity contribution in [1.29, 1.82) is 0 Å². The Morgan fingerprint density at radius 1 is 0.828 bits per heavy atom. The van der Waals surface area contributed by atoms with Crippen LogP contribution in [0.25, 0.3) is 0 Å². The molecule has 0 heterocycles. The molecule has 166 valence electrons. The summed E-state index contributed by atoms with van der Waals surface area (Å²) in [7, 11) is 0. The number of carbonyl (C=O) groups excluding carboxylic acids is 3. The van der Waals surface area contributed by atoms with Gasteiger partial charge in [-0.25, -0.2) is 4.79 Å². The first-order valence-corrected chi connectivity index (χ1v) is 9.30. The molecule has 0 aromatic rings. The van der Waals surface area contributed by atoms with Gasteiger partial charge in [-0.05, 0) is 39.7 Å². The first-order valence-electron chi connectivity index (χ1n) is 9.30. The largest absolute Gasteiger partial charge is 0.481 e. The first-order chi connectivity index (χ1) is 13.5. The van der Waals surface area contributed by atoms with Crippen molar-refractivity contribution in [2.24, 2.45) is 11.5 Å². The number of nitrogens with two attached hydrogens (primary N) is 2. The SMILES string of the molecule is CC(NC(=O)C(N)CCCCN)C(=O)NC(C)C(=O)NC(CCC(=O)O)C(=O)O. The number of unbranched alkanes of at least 4 members (excludes halogenated alkanes) is 1. The van der Waals surface area contributed by atoms with Crippen LogP contribution in [-0.2, 0) is 24.0 Å². The molecule has 0 rings (SSSR count). The maximum absolute atomic E-state index is 12.2. The molecule has 0 saturated carbocycles. The van der Waals surface area contributed by atoms with E-state index in [1.807, 2.05) is 0 Å². The van der Waals surface area contributed by atoms with E-state index in [1.165, 1.54) is 13.8 Å². The number of nitrogens with one attached hydrogen (secondary N) is 3. The van der Waals surface area contributed by atoms with Gasteiger partial charge in [-0.3, -0.25) is 19.2 Å². The third kappa shape index (κ3) is 11.0. The molecule has 4 atom stereocenters. The van der Waals surface area contributed by atoms with Gasteiger partial charge in [0.2, 0.25) is 17.7 Å². The van der Waals surface area contributed by atoms with Crippen LogP contribution in [0.2, 0.25) is 0 Å². The van der Waals surface area contributed by atoms with E-state index in [2.05, 4.69) is 16.0 Å². The van der Waals surface area contributed by atoms with E-state index in [0.29, 0.717) is 19.4 Å². The van der Waals surface area contributed by atoms with Gasteiger partial charge in [0.15, 0.2) is 0 Å². The topological polar surface area (TPSA) is 214 Å². The Morgan fingerprint density at radius 2 is 1.34 bits per heavy atom. The zero-order valence-electron chi connectivity index (χ0n) is 16.6. The second-order valence-electron chi connectivity index (χ2n) is 6.68. The number of hydrogen-bond donors (Lipinski definition) is 7. The minimum atomic E-state index is -1.40. The van der Waals surface area contributed by atoms with Crippen LogP contribution in [0.15, 0.2) is 0 Å². The number of amides is 3. The van der Waals surface area contributed by atoms with Gasteiger partial charge >= 0.3 is 11.9 Å². The average Bonchev–Trinajstić information content (AvgIpc) is 2.64. The van der Waals surface area contributed by atoms with Crippen LogP contribution in [0.3, 0.4) is 0 Å². The van der Waals surface area contributed by atoms with Crippen LogP contribution in [0.4, 0.5) is 0 Å². The van der Waals surface area contributed by atoms with Gasteiger partial charge < -0.3 is 37.6 Å². The molecular formula is C17H31N5O7. The van der Waals surface area contributed by atoms with Gasteiger partial charge in [-0.1, -0.05) is 6.42 Å². The Bertz CT molecular complexity index is 599. The molecule has 0 aromatic carbocycles. The first kappa shape index (κ1) is 26.3. The van der Waals surface area contributed by atoms with Gasteiger partial charge in [0.25, 0.3) is 0 Å². The summed E-state index contributed by atoms with van der Waals surface area (Å²) in [5.41, 5.74) is 11.1. The molecule has 0 aromatic heterocycles. The molecule has 3 amide bonds. The van der Waals surface area contributed by atoms with Crippen molar-refractivity contribution >= 4 is 29.7 Å². The molecule has 12 heteroatoms. The summed E-state index contributed by atoms with van der Waals surface area (Å²) in [6.45, 7) is 3.24. The van der Waals surface area contributed by atoms with Crippen LogP contribution in [0.1, 0.15) is 46.0 Å². The van der Waals surface area contributed by atoms with Crippen molar-refractivity contribution in [3.63, 3.8) is 0 Å². The lowest BCUT2D eigenvalue weighted by atomic mass is 10.1. The maximum atomic E-state index is 12.2. The summed E-state index contributed by atoms with van der Waals surface area (Å²) in [5.74, 6) is -4.55. The number of hydrogen-bond acceptors (Lipinski definition) is 7. The second-order valence-corrected chi connectivity index (χ2v) is 6.68. The molecule has 4 unspecified atom stereocenters. The van der Waals surface area contributed by atoms with Crippen LogP contribution >= 0.6 is 0 Å². The van der Waals surface area contributed by atoms with E-state index >= 15 is 0 Å². The molecule has 0 aliphatic heterocycles. The minimum Gasteiger partial charge on any atom is -0.481 e. The van der Waals surface area contributed by atoms with Crippen molar-refractivity contribution in [3.8, 4) is 0 Å². The highest BCUT2D eigenvalue weighted by Gasteiger charge is 2.26. The molecule has 0 aliphatic carbocycles. The molecule has 0 fully saturated rings. The predicted molar refractivity (Wildman–Crippen MR) is 103 cm³/mol. The maximum Gasteiger partial charge on any atom is 0.326 e. The highest BCUT2D eigenvalue weighted by atomic mass is 16.4. The Balaban J connectivity index is 4.57. The molecule has 0 aliphatic rings. The van der Waals surface area contributed by atoms with E-state index in [4.69, 9.17) is 21.7 Å². The normalized spacial score (nSPS) is 14.8. The highest BCUT2D eigenvalue weighted by molar-refractivity contribution is 5.93. The lowest BCUT2D eigenvalue weighted by Crippen LogP contribution is -2.55. The fourth-order valence-electron chi connectivity index (χ4n) is 2.25. The summed E-state index contributed by atoms with van der Waals surface area (Å²) < 4.78 is 0. The number of carbonyl (C=O) groups is 5. The molecule has 12 nitrogen and oxygen atoms in total. The number of rotatable bonds is 14. The fourth-order valence-corrected chi connectivity index (χ4v) is 2.25. The molecule has 0 bridgehead atoms. The second kappa shape index (κ2) is 13.4. The van der Waals surface area contributed by atoms with E-state index < -0.39 is 60.2 Å². The fraction of sp³-hybridized carbons (Fsp3) is 0.706. The van der Waals surface area contributed by atoms with Gasteiger partial charge in [0.1, 0.15) is 18.1 Å². The van der Waals surface area contributed by atoms with Crippen LogP contribution in [-0.4, -0.2) is 70.6 Å². The lowest BCUT2D eigenvalue weighted by Gasteiger charge is -2.21.